The van der Waals surface area contributed by atoms with E-state index in [0.29, 0.717) is 12.2 Å². The molecule has 0 aliphatic carbocycles. The predicted molar refractivity (Wildman–Crippen MR) is 94.7 cm³/mol. The van der Waals surface area contributed by atoms with Crippen LogP contribution >= 0.6 is 12.4 Å². The molecule has 0 atom stereocenters. The molecule has 0 aliphatic heterocycles. The van der Waals surface area contributed by atoms with Crippen molar-refractivity contribution in [1.82, 2.24) is 4.98 Å². The summed E-state index contributed by atoms with van der Waals surface area (Å²) in [6.07, 6.45) is 1.56. The van der Waals surface area contributed by atoms with Gasteiger partial charge in [-0.25, -0.2) is 4.79 Å². The van der Waals surface area contributed by atoms with Crippen LogP contribution in [0.2, 0.25) is 0 Å². The number of benzene rings is 2. The molecule has 5 heteroatoms. The molecular formula is C18H17ClN2O2. The van der Waals surface area contributed by atoms with E-state index >= 15 is 0 Å². The fourth-order valence-electron chi connectivity index (χ4n) is 2.31. The fourth-order valence-corrected chi connectivity index (χ4v) is 2.31. The number of anilines is 2. The van der Waals surface area contributed by atoms with Crippen LogP contribution in [0.1, 0.15) is 17.3 Å². The van der Waals surface area contributed by atoms with E-state index in [2.05, 4.69) is 10.3 Å². The number of rotatable bonds is 4. The number of ether oxygens (including phenoxy) is 1. The normalized spacial score (nSPS) is 9.96. The minimum Gasteiger partial charge on any atom is -0.462 e. The lowest BCUT2D eigenvalue weighted by Gasteiger charge is -2.14. The SMILES string of the molecule is CCOC(=O)c1cnc2ccccc2c1Nc1ccccc1.Cl. The average molecular weight is 329 g/mol. The average Bonchev–Trinajstić information content (AvgIpc) is 2.56. The standard InChI is InChI=1S/C18H16N2O2.ClH/c1-2-22-18(21)15-12-19-16-11-7-6-10-14(16)17(15)20-13-8-4-3-5-9-13;/h3-12H,2H2,1H3,(H,19,20);1H. The van der Waals surface area contributed by atoms with Crippen LogP contribution in [0.5, 0.6) is 0 Å². The molecule has 23 heavy (non-hydrogen) atoms. The molecule has 0 fully saturated rings. The molecule has 1 aromatic heterocycles. The largest absolute Gasteiger partial charge is 0.462 e. The number of fused-ring (bicyclic) bond motifs is 1. The van der Waals surface area contributed by atoms with Crippen molar-refractivity contribution in [3.05, 3.63) is 66.4 Å². The monoisotopic (exact) mass is 328 g/mol. The Hall–Kier alpha value is -2.59. The Balaban J connectivity index is 0.00000192. The van der Waals surface area contributed by atoms with Crippen molar-refractivity contribution in [2.24, 2.45) is 0 Å². The highest BCUT2D eigenvalue weighted by molar-refractivity contribution is 6.05. The van der Waals surface area contributed by atoms with Gasteiger partial charge in [-0.3, -0.25) is 4.98 Å². The second-order valence-electron chi connectivity index (χ2n) is 4.78. The molecule has 1 heterocycles. The quantitative estimate of drug-likeness (QED) is 0.712. The first-order chi connectivity index (χ1) is 10.8. The molecule has 3 rings (SSSR count). The van der Waals surface area contributed by atoms with Crippen LogP contribution < -0.4 is 5.32 Å². The van der Waals surface area contributed by atoms with Gasteiger partial charge in [-0.2, -0.15) is 0 Å². The van der Waals surface area contributed by atoms with Gasteiger partial charge >= 0.3 is 5.97 Å². The van der Waals surface area contributed by atoms with Crippen LogP contribution in [0, 0.1) is 0 Å². The number of carbonyl (C=O) groups is 1. The van der Waals surface area contributed by atoms with Crippen LogP contribution in [-0.2, 0) is 4.74 Å². The van der Waals surface area contributed by atoms with E-state index in [0.717, 1.165) is 22.3 Å². The van der Waals surface area contributed by atoms with Crippen molar-refractivity contribution in [2.45, 2.75) is 6.92 Å². The number of hydrogen-bond donors (Lipinski definition) is 1. The molecule has 3 aromatic rings. The molecule has 0 radical (unpaired) electrons. The third-order valence-electron chi connectivity index (χ3n) is 3.31. The summed E-state index contributed by atoms with van der Waals surface area (Å²) in [5, 5.41) is 4.20. The van der Waals surface area contributed by atoms with E-state index in [4.69, 9.17) is 4.74 Å². The number of nitrogens with one attached hydrogen (secondary N) is 1. The lowest BCUT2D eigenvalue weighted by molar-refractivity contribution is 0.0527. The first-order valence-corrected chi connectivity index (χ1v) is 7.16. The number of hydrogen-bond acceptors (Lipinski definition) is 4. The van der Waals surface area contributed by atoms with Crippen molar-refractivity contribution < 1.29 is 9.53 Å². The van der Waals surface area contributed by atoms with Gasteiger partial charge in [-0.05, 0) is 25.1 Å². The van der Waals surface area contributed by atoms with Crippen molar-refractivity contribution in [3.63, 3.8) is 0 Å². The molecule has 1 N–H and O–H groups in total. The Morgan fingerprint density at radius 2 is 1.78 bits per heavy atom. The summed E-state index contributed by atoms with van der Waals surface area (Å²) in [6.45, 7) is 2.12. The van der Waals surface area contributed by atoms with Crippen LogP contribution in [0.3, 0.4) is 0 Å². The Bertz CT molecular complexity index is 806. The predicted octanol–water partition coefficient (Wildman–Crippen LogP) is 4.58. The minimum atomic E-state index is -0.376. The van der Waals surface area contributed by atoms with Crippen LogP contribution in [0.25, 0.3) is 10.9 Å². The van der Waals surface area contributed by atoms with E-state index in [1.54, 1.807) is 13.1 Å². The lowest BCUT2D eigenvalue weighted by Crippen LogP contribution is -2.09. The van der Waals surface area contributed by atoms with Gasteiger partial charge in [-0.15, -0.1) is 12.4 Å². The van der Waals surface area contributed by atoms with Crippen LogP contribution in [-0.4, -0.2) is 17.6 Å². The molecule has 0 saturated carbocycles. The third kappa shape index (κ3) is 3.60. The zero-order chi connectivity index (χ0) is 15.4. The number of aromatic nitrogens is 1. The maximum Gasteiger partial charge on any atom is 0.341 e. The summed E-state index contributed by atoms with van der Waals surface area (Å²) in [6, 6.07) is 17.4. The Morgan fingerprint density at radius 3 is 2.52 bits per heavy atom. The van der Waals surface area contributed by atoms with E-state index < -0.39 is 0 Å². The zero-order valence-corrected chi connectivity index (χ0v) is 13.5. The maximum atomic E-state index is 12.2. The van der Waals surface area contributed by atoms with Crippen LogP contribution in [0.15, 0.2) is 60.8 Å². The highest BCUT2D eigenvalue weighted by Crippen LogP contribution is 2.29. The lowest BCUT2D eigenvalue weighted by atomic mass is 10.1. The Labute approximate surface area is 140 Å². The first-order valence-electron chi connectivity index (χ1n) is 7.16. The Kier molecular flexibility index (Phi) is 5.55. The van der Waals surface area contributed by atoms with E-state index in [9.17, 15) is 4.79 Å². The number of halogens is 1. The Morgan fingerprint density at radius 1 is 1.09 bits per heavy atom. The summed E-state index contributed by atoms with van der Waals surface area (Å²) in [7, 11) is 0. The third-order valence-corrected chi connectivity index (χ3v) is 3.31. The fraction of sp³-hybridized carbons (Fsp3) is 0.111. The number of nitrogens with zero attached hydrogens (tertiary/aromatic N) is 1. The van der Waals surface area contributed by atoms with Crippen molar-refractivity contribution in [2.75, 3.05) is 11.9 Å². The van der Waals surface area contributed by atoms with Gasteiger partial charge in [0.05, 0.1) is 17.8 Å². The van der Waals surface area contributed by atoms with E-state index in [1.165, 1.54) is 0 Å². The van der Waals surface area contributed by atoms with Gasteiger partial charge in [0.1, 0.15) is 5.56 Å². The van der Waals surface area contributed by atoms with Crippen LogP contribution in [0.4, 0.5) is 11.4 Å². The van der Waals surface area contributed by atoms with E-state index in [1.807, 2.05) is 54.6 Å². The molecule has 0 saturated heterocycles. The number of carbonyl (C=O) groups excluding carboxylic acids is 1. The van der Waals surface area contributed by atoms with E-state index in [-0.39, 0.29) is 18.4 Å². The summed E-state index contributed by atoms with van der Waals surface area (Å²) >= 11 is 0. The van der Waals surface area contributed by atoms with Crippen molar-refractivity contribution in [3.8, 4) is 0 Å². The molecule has 0 amide bonds. The summed E-state index contributed by atoms with van der Waals surface area (Å²) in [5.41, 5.74) is 2.89. The highest BCUT2D eigenvalue weighted by atomic mass is 35.5. The molecule has 0 bridgehead atoms. The summed E-state index contributed by atoms with van der Waals surface area (Å²) in [4.78, 5) is 16.5. The number of pyridine rings is 1. The maximum absolute atomic E-state index is 12.2. The van der Waals surface area contributed by atoms with Gasteiger partial charge in [0.15, 0.2) is 0 Å². The molecule has 118 valence electrons. The molecular weight excluding hydrogens is 312 g/mol. The molecule has 0 aliphatic rings. The topological polar surface area (TPSA) is 51.2 Å². The van der Waals surface area contributed by atoms with Gasteiger partial charge in [0.2, 0.25) is 0 Å². The minimum absolute atomic E-state index is 0. The summed E-state index contributed by atoms with van der Waals surface area (Å²) in [5.74, 6) is -0.376. The molecule has 4 nitrogen and oxygen atoms in total. The van der Waals surface area contributed by atoms with Crippen molar-refractivity contribution >= 4 is 40.7 Å². The second-order valence-corrected chi connectivity index (χ2v) is 4.78. The van der Waals surface area contributed by atoms with Gasteiger partial charge in [0.25, 0.3) is 0 Å². The molecule has 0 unspecified atom stereocenters. The number of para-hydroxylation sites is 2. The van der Waals surface area contributed by atoms with Gasteiger partial charge in [0, 0.05) is 17.3 Å². The first kappa shape index (κ1) is 16.8. The smallest absolute Gasteiger partial charge is 0.341 e. The number of esters is 1. The highest BCUT2D eigenvalue weighted by Gasteiger charge is 2.16. The van der Waals surface area contributed by atoms with Crippen molar-refractivity contribution in [1.29, 1.82) is 0 Å². The van der Waals surface area contributed by atoms with Gasteiger partial charge < -0.3 is 10.1 Å². The summed E-state index contributed by atoms with van der Waals surface area (Å²) < 4.78 is 5.14. The second kappa shape index (κ2) is 7.61. The molecule has 2 aromatic carbocycles. The molecule has 0 spiro atoms. The zero-order valence-electron chi connectivity index (χ0n) is 12.7. The van der Waals surface area contributed by atoms with Gasteiger partial charge in [-0.1, -0.05) is 36.4 Å².